The van der Waals surface area contributed by atoms with Crippen molar-refractivity contribution < 1.29 is 5.11 Å². The van der Waals surface area contributed by atoms with Gasteiger partial charge in [-0.3, -0.25) is 4.90 Å². The Labute approximate surface area is 115 Å². The first-order chi connectivity index (χ1) is 9.06. The largest absolute Gasteiger partial charge is 0.384 e. The van der Waals surface area contributed by atoms with E-state index in [2.05, 4.69) is 4.90 Å². The fraction of sp³-hybridized carbons (Fsp3) is 0.625. The van der Waals surface area contributed by atoms with Crippen LogP contribution in [0.1, 0.15) is 25.3 Å². The highest BCUT2D eigenvalue weighted by atomic mass is 16.3. The third-order valence-corrected chi connectivity index (χ3v) is 4.92. The number of hydrogen-bond acceptors (Lipinski definition) is 3. The summed E-state index contributed by atoms with van der Waals surface area (Å²) in [6.45, 7) is 4.77. The van der Waals surface area contributed by atoms with Gasteiger partial charge in [0.25, 0.3) is 0 Å². The Morgan fingerprint density at radius 2 is 2.00 bits per heavy atom. The number of nitrogens with zero attached hydrogens (tertiary/aromatic N) is 1. The van der Waals surface area contributed by atoms with Crippen LogP contribution in [0.3, 0.4) is 0 Å². The molecule has 3 N–H and O–H groups in total. The van der Waals surface area contributed by atoms with E-state index in [1.54, 1.807) is 0 Å². The zero-order chi connectivity index (χ0) is 13.5. The molecule has 0 bridgehead atoms. The molecule has 0 amide bonds. The molecule has 0 aromatic heterocycles. The van der Waals surface area contributed by atoms with Crippen LogP contribution in [-0.4, -0.2) is 35.7 Å². The highest BCUT2D eigenvalue weighted by Crippen LogP contribution is 2.38. The van der Waals surface area contributed by atoms with E-state index < -0.39 is 5.60 Å². The topological polar surface area (TPSA) is 49.5 Å². The van der Waals surface area contributed by atoms with Crippen LogP contribution in [0.25, 0.3) is 0 Å². The van der Waals surface area contributed by atoms with E-state index in [9.17, 15) is 5.11 Å². The lowest BCUT2D eigenvalue weighted by molar-refractivity contribution is 0.0204. The van der Waals surface area contributed by atoms with Crippen LogP contribution in [0.4, 0.5) is 0 Å². The Hall–Kier alpha value is -0.900. The zero-order valence-electron chi connectivity index (χ0n) is 11.6. The molecule has 3 nitrogen and oxygen atoms in total. The average molecular weight is 260 g/mol. The highest BCUT2D eigenvalue weighted by Gasteiger charge is 2.42. The fourth-order valence-electron chi connectivity index (χ4n) is 3.85. The molecule has 1 aliphatic heterocycles. The van der Waals surface area contributed by atoms with Crippen LogP contribution in [0, 0.1) is 11.8 Å². The number of hydrogen-bond donors (Lipinski definition) is 2. The van der Waals surface area contributed by atoms with Crippen LogP contribution >= 0.6 is 0 Å². The second-order valence-corrected chi connectivity index (χ2v) is 6.50. The summed E-state index contributed by atoms with van der Waals surface area (Å²) in [5.74, 6) is 1.40. The molecule has 3 heteroatoms. The van der Waals surface area contributed by atoms with E-state index in [0.717, 1.165) is 24.6 Å². The molecule has 1 heterocycles. The molecule has 2 fully saturated rings. The maximum absolute atomic E-state index is 10.7. The molecule has 2 aliphatic rings. The van der Waals surface area contributed by atoms with Crippen molar-refractivity contribution in [2.24, 2.45) is 17.6 Å². The third-order valence-electron chi connectivity index (χ3n) is 4.92. The summed E-state index contributed by atoms with van der Waals surface area (Å²) in [6, 6.07) is 10.3. The number of fused-ring (bicyclic) bond motifs is 1. The van der Waals surface area contributed by atoms with E-state index >= 15 is 0 Å². The number of rotatable bonds is 3. The maximum atomic E-state index is 10.7. The molecule has 4 unspecified atom stereocenters. The molecule has 0 radical (unpaired) electrons. The van der Waals surface area contributed by atoms with Crippen molar-refractivity contribution in [1.82, 2.24) is 4.90 Å². The molecule has 1 aromatic rings. The first-order valence-electron chi connectivity index (χ1n) is 7.32. The Morgan fingerprint density at radius 3 is 2.68 bits per heavy atom. The molecular formula is C16H24N2O. The quantitative estimate of drug-likeness (QED) is 0.867. The Kier molecular flexibility index (Phi) is 3.37. The van der Waals surface area contributed by atoms with Gasteiger partial charge in [0.2, 0.25) is 0 Å². The van der Waals surface area contributed by atoms with Gasteiger partial charge in [0.15, 0.2) is 0 Å². The fourth-order valence-corrected chi connectivity index (χ4v) is 3.85. The smallest absolute Gasteiger partial charge is 0.0994 e. The summed E-state index contributed by atoms with van der Waals surface area (Å²) in [6.07, 6.45) is 2.44. The van der Waals surface area contributed by atoms with Gasteiger partial charge in [0.1, 0.15) is 0 Å². The Balaban J connectivity index is 1.66. The van der Waals surface area contributed by atoms with Gasteiger partial charge in [-0.15, -0.1) is 0 Å². The van der Waals surface area contributed by atoms with Crippen LogP contribution in [-0.2, 0) is 5.60 Å². The van der Waals surface area contributed by atoms with Gasteiger partial charge < -0.3 is 10.8 Å². The summed E-state index contributed by atoms with van der Waals surface area (Å²) in [4.78, 5) is 2.39. The molecule has 1 aliphatic carbocycles. The lowest BCUT2D eigenvalue weighted by atomic mass is 9.95. The summed E-state index contributed by atoms with van der Waals surface area (Å²) in [5, 5.41) is 10.7. The summed E-state index contributed by atoms with van der Waals surface area (Å²) in [5.41, 5.74) is 6.39. The molecule has 1 aromatic carbocycles. The van der Waals surface area contributed by atoms with Crippen LogP contribution in [0.2, 0.25) is 0 Å². The summed E-state index contributed by atoms with van der Waals surface area (Å²) in [7, 11) is 0. The van der Waals surface area contributed by atoms with Crippen molar-refractivity contribution in [2.45, 2.75) is 31.4 Å². The molecule has 0 spiro atoms. The minimum atomic E-state index is -0.774. The van der Waals surface area contributed by atoms with Gasteiger partial charge in [-0.25, -0.2) is 0 Å². The Bertz CT molecular complexity index is 432. The molecule has 4 atom stereocenters. The predicted octanol–water partition coefficient (Wildman–Crippen LogP) is 1.56. The SMILES string of the molecule is CC(O)(CN1CC2CCC(N)C2C1)c1ccccc1. The van der Waals surface area contributed by atoms with E-state index in [-0.39, 0.29) is 0 Å². The predicted molar refractivity (Wildman–Crippen MR) is 76.6 cm³/mol. The van der Waals surface area contributed by atoms with Crippen molar-refractivity contribution in [2.75, 3.05) is 19.6 Å². The van der Waals surface area contributed by atoms with Crippen molar-refractivity contribution in [3.05, 3.63) is 35.9 Å². The van der Waals surface area contributed by atoms with Crippen LogP contribution < -0.4 is 5.73 Å². The lowest BCUT2D eigenvalue weighted by Crippen LogP contribution is -2.39. The first-order valence-corrected chi connectivity index (χ1v) is 7.32. The summed E-state index contributed by atoms with van der Waals surface area (Å²) >= 11 is 0. The second-order valence-electron chi connectivity index (χ2n) is 6.50. The van der Waals surface area contributed by atoms with Crippen LogP contribution in [0.15, 0.2) is 30.3 Å². The number of likely N-dealkylation sites (tertiary alicyclic amines) is 1. The van der Waals surface area contributed by atoms with Crippen molar-refractivity contribution in [3.8, 4) is 0 Å². The first kappa shape index (κ1) is 13.1. The second kappa shape index (κ2) is 4.89. The summed E-state index contributed by atoms with van der Waals surface area (Å²) < 4.78 is 0. The van der Waals surface area contributed by atoms with Gasteiger partial charge in [-0.05, 0) is 37.2 Å². The van der Waals surface area contributed by atoms with Crippen molar-refractivity contribution in [1.29, 1.82) is 0 Å². The van der Waals surface area contributed by atoms with Crippen molar-refractivity contribution in [3.63, 3.8) is 0 Å². The highest BCUT2D eigenvalue weighted by molar-refractivity contribution is 5.22. The third kappa shape index (κ3) is 2.55. The maximum Gasteiger partial charge on any atom is 0.0994 e. The van der Waals surface area contributed by atoms with E-state index in [4.69, 9.17) is 5.73 Å². The number of β-amino-alcohol motifs (C(OH)–C–C–N with tert-alkyl or cyclic N) is 1. The monoisotopic (exact) mass is 260 g/mol. The molecule has 104 valence electrons. The van der Waals surface area contributed by atoms with E-state index in [0.29, 0.717) is 18.5 Å². The standard InChI is InChI=1S/C16H24N2O/c1-16(19,13-5-3-2-4-6-13)11-18-9-12-7-8-15(17)14(12)10-18/h2-6,12,14-15,19H,7-11,17H2,1H3. The van der Waals surface area contributed by atoms with Gasteiger partial charge in [-0.1, -0.05) is 30.3 Å². The minimum Gasteiger partial charge on any atom is -0.384 e. The van der Waals surface area contributed by atoms with E-state index in [1.807, 2.05) is 37.3 Å². The molecule has 1 saturated heterocycles. The average Bonchev–Trinajstić information content (AvgIpc) is 2.92. The number of aliphatic hydroxyl groups is 1. The molecule has 1 saturated carbocycles. The Morgan fingerprint density at radius 1 is 1.26 bits per heavy atom. The molecule has 19 heavy (non-hydrogen) atoms. The molecule has 3 rings (SSSR count). The number of nitrogens with two attached hydrogens (primary N) is 1. The number of benzene rings is 1. The lowest BCUT2D eigenvalue weighted by Gasteiger charge is -2.30. The van der Waals surface area contributed by atoms with Gasteiger partial charge in [0.05, 0.1) is 5.60 Å². The van der Waals surface area contributed by atoms with Crippen molar-refractivity contribution >= 4 is 0 Å². The minimum absolute atomic E-state index is 0.372. The van der Waals surface area contributed by atoms with Crippen LogP contribution in [0.5, 0.6) is 0 Å². The van der Waals surface area contributed by atoms with Gasteiger partial charge >= 0.3 is 0 Å². The molecular weight excluding hydrogens is 236 g/mol. The van der Waals surface area contributed by atoms with E-state index in [1.165, 1.54) is 12.8 Å². The normalized spacial score (nSPS) is 34.2. The van der Waals surface area contributed by atoms with Gasteiger partial charge in [-0.2, -0.15) is 0 Å². The zero-order valence-corrected chi connectivity index (χ0v) is 11.6. The van der Waals surface area contributed by atoms with Gasteiger partial charge in [0, 0.05) is 25.7 Å².